The van der Waals surface area contributed by atoms with E-state index in [1.54, 1.807) is 6.20 Å². The lowest BCUT2D eigenvalue weighted by Crippen LogP contribution is -2.45. The Labute approximate surface area is 105 Å². The molecule has 1 saturated carbocycles. The maximum atomic E-state index is 11.9. The first-order valence-corrected chi connectivity index (χ1v) is 5.87. The maximum absolute atomic E-state index is 11.9. The molecule has 1 heterocycles. The van der Waals surface area contributed by atoms with Crippen LogP contribution < -0.4 is 11.1 Å². The molecule has 1 atom stereocenters. The van der Waals surface area contributed by atoms with Gasteiger partial charge in [0.25, 0.3) is 5.91 Å². The van der Waals surface area contributed by atoms with E-state index in [0.717, 1.165) is 18.5 Å². The highest BCUT2D eigenvalue weighted by atomic mass is 32.1. The van der Waals surface area contributed by atoms with E-state index in [0.29, 0.717) is 10.9 Å². The predicted octanol–water partition coefficient (Wildman–Crippen LogP) is 0.580. The molecule has 1 unspecified atom stereocenters. The average molecular weight is 250 g/mol. The Morgan fingerprint density at radius 1 is 1.53 bits per heavy atom. The largest absolute Gasteiger partial charge is 0.392 e. The zero-order valence-electron chi connectivity index (χ0n) is 9.51. The Balaban J connectivity index is 2.04. The number of carbonyl (C=O) groups excluding carboxylic acids is 1. The van der Waals surface area contributed by atoms with Gasteiger partial charge in [-0.15, -0.1) is 0 Å². The van der Waals surface area contributed by atoms with Crippen molar-refractivity contribution >= 4 is 23.1 Å². The van der Waals surface area contributed by atoms with Crippen molar-refractivity contribution in [2.75, 3.05) is 0 Å². The summed E-state index contributed by atoms with van der Waals surface area (Å²) in [6, 6.07) is -0.222. The van der Waals surface area contributed by atoms with Crippen LogP contribution in [0.3, 0.4) is 0 Å². The molecule has 90 valence electrons. The smallest absolute Gasteiger partial charge is 0.272 e. The van der Waals surface area contributed by atoms with Crippen LogP contribution in [0.2, 0.25) is 0 Å². The number of nitrogens with zero attached hydrogens (tertiary/aromatic N) is 2. The minimum absolute atomic E-state index is 0.222. The molecule has 1 amide bonds. The molecule has 1 aliphatic rings. The molecule has 0 spiro atoms. The number of nitrogens with one attached hydrogen (secondary N) is 1. The lowest BCUT2D eigenvalue weighted by Gasteiger charge is -2.16. The van der Waals surface area contributed by atoms with Gasteiger partial charge >= 0.3 is 0 Å². The van der Waals surface area contributed by atoms with Crippen LogP contribution >= 0.6 is 12.2 Å². The average Bonchev–Trinajstić information content (AvgIpc) is 3.10. The molecule has 0 aromatic carbocycles. The second-order valence-electron chi connectivity index (χ2n) is 4.23. The van der Waals surface area contributed by atoms with Crippen molar-refractivity contribution in [1.82, 2.24) is 15.3 Å². The molecule has 2 rings (SSSR count). The Morgan fingerprint density at radius 2 is 2.24 bits per heavy atom. The van der Waals surface area contributed by atoms with E-state index in [2.05, 4.69) is 15.3 Å². The van der Waals surface area contributed by atoms with Crippen molar-refractivity contribution in [1.29, 1.82) is 0 Å². The SMILES string of the molecule is Cc1cnc(C(=O)NC(C(N)=S)C2CC2)cn1. The summed E-state index contributed by atoms with van der Waals surface area (Å²) >= 11 is 4.95. The van der Waals surface area contributed by atoms with Crippen LogP contribution in [0.4, 0.5) is 0 Å². The number of carbonyl (C=O) groups is 1. The highest BCUT2D eigenvalue weighted by Gasteiger charge is 2.34. The van der Waals surface area contributed by atoms with Crippen molar-refractivity contribution in [3.8, 4) is 0 Å². The van der Waals surface area contributed by atoms with Crippen LogP contribution in [0.5, 0.6) is 0 Å². The van der Waals surface area contributed by atoms with Crippen molar-refractivity contribution in [3.05, 3.63) is 23.8 Å². The number of aryl methyl sites for hydroxylation is 1. The van der Waals surface area contributed by atoms with E-state index in [-0.39, 0.29) is 17.6 Å². The highest BCUT2D eigenvalue weighted by Crippen LogP contribution is 2.32. The second-order valence-corrected chi connectivity index (χ2v) is 4.71. The van der Waals surface area contributed by atoms with E-state index in [4.69, 9.17) is 18.0 Å². The van der Waals surface area contributed by atoms with Crippen molar-refractivity contribution in [2.24, 2.45) is 11.7 Å². The van der Waals surface area contributed by atoms with Gasteiger partial charge in [-0.1, -0.05) is 12.2 Å². The standard InChI is InChI=1S/C11H14N4OS/c1-6-4-14-8(5-13-6)11(16)15-9(10(12)17)7-2-3-7/h4-5,7,9H,2-3H2,1H3,(H2,12,17)(H,15,16). The number of aromatic nitrogens is 2. The number of hydrogen-bond acceptors (Lipinski definition) is 4. The number of rotatable bonds is 4. The maximum Gasteiger partial charge on any atom is 0.272 e. The van der Waals surface area contributed by atoms with Crippen LogP contribution in [0.1, 0.15) is 29.0 Å². The summed E-state index contributed by atoms with van der Waals surface area (Å²) < 4.78 is 0. The molecule has 0 radical (unpaired) electrons. The predicted molar refractivity (Wildman–Crippen MR) is 67.5 cm³/mol. The second kappa shape index (κ2) is 4.75. The minimum Gasteiger partial charge on any atom is -0.392 e. The summed E-state index contributed by atoms with van der Waals surface area (Å²) in [6.45, 7) is 1.82. The normalized spacial score (nSPS) is 16.3. The van der Waals surface area contributed by atoms with Gasteiger partial charge in [0.15, 0.2) is 0 Å². The molecule has 0 saturated heterocycles. The molecular formula is C11H14N4OS. The first kappa shape index (κ1) is 11.9. The Morgan fingerprint density at radius 3 is 2.71 bits per heavy atom. The van der Waals surface area contributed by atoms with E-state index < -0.39 is 0 Å². The molecule has 3 N–H and O–H groups in total. The molecule has 1 aliphatic carbocycles. The third-order valence-corrected chi connectivity index (χ3v) is 2.95. The third kappa shape index (κ3) is 2.97. The molecule has 6 heteroatoms. The van der Waals surface area contributed by atoms with Gasteiger partial charge in [-0.05, 0) is 25.7 Å². The van der Waals surface area contributed by atoms with Gasteiger partial charge < -0.3 is 11.1 Å². The van der Waals surface area contributed by atoms with Gasteiger partial charge in [-0.2, -0.15) is 0 Å². The van der Waals surface area contributed by atoms with E-state index >= 15 is 0 Å². The van der Waals surface area contributed by atoms with Crippen molar-refractivity contribution in [3.63, 3.8) is 0 Å². The van der Waals surface area contributed by atoms with Crippen LogP contribution in [0.15, 0.2) is 12.4 Å². The Hall–Kier alpha value is -1.56. The summed E-state index contributed by atoms with van der Waals surface area (Å²) in [6.07, 6.45) is 5.12. The quantitative estimate of drug-likeness (QED) is 0.764. The summed E-state index contributed by atoms with van der Waals surface area (Å²) in [5.41, 5.74) is 6.67. The summed E-state index contributed by atoms with van der Waals surface area (Å²) in [5.74, 6) is 0.108. The Kier molecular flexibility index (Phi) is 3.33. The van der Waals surface area contributed by atoms with Crippen LogP contribution in [0, 0.1) is 12.8 Å². The zero-order chi connectivity index (χ0) is 12.4. The van der Waals surface area contributed by atoms with Gasteiger partial charge in [-0.25, -0.2) is 4.98 Å². The Bertz CT molecular complexity index is 441. The molecule has 0 aliphatic heterocycles. The molecular weight excluding hydrogens is 236 g/mol. The monoisotopic (exact) mass is 250 g/mol. The molecule has 5 nitrogen and oxygen atoms in total. The number of nitrogens with two attached hydrogens (primary N) is 1. The number of thiocarbonyl (C=S) groups is 1. The highest BCUT2D eigenvalue weighted by molar-refractivity contribution is 7.80. The fourth-order valence-electron chi connectivity index (χ4n) is 1.58. The first-order chi connectivity index (χ1) is 8.08. The lowest BCUT2D eigenvalue weighted by atomic mass is 10.2. The number of amides is 1. The third-order valence-electron chi connectivity index (χ3n) is 2.70. The number of hydrogen-bond donors (Lipinski definition) is 2. The first-order valence-electron chi connectivity index (χ1n) is 5.47. The van der Waals surface area contributed by atoms with Crippen molar-refractivity contribution < 1.29 is 4.79 Å². The van der Waals surface area contributed by atoms with Gasteiger partial charge in [-0.3, -0.25) is 9.78 Å². The molecule has 1 fully saturated rings. The van der Waals surface area contributed by atoms with Gasteiger partial charge in [0.2, 0.25) is 0 Å². The van der Waals surface area contributed by atoms with Gasteiger partial charge in [0.05, 0.1) is 22.9 Å². The van der Waals surface area contributed by atoms with E-state index in [1.165, 1.54) is 6.20 Å². The van der Waals surface area contributed by atoms with Gasteiger partial charge in [0, 0.05) is 6.20 Å². The van der Waals surface area contributed by atoms with Crippen molar-refractivity contribution in [2.45, 2.75) is 25.8 Å². The van der Waals surface area contributed by atoms with Crippen LogP contribution in [-0.2, 0) is 0 Å². The van der Waals surface area contributed by atoms with Crippen LogP contribution in [-0.4, -0.2) is 26.9 Å². The van der Waals surface area contributed by atoms with E-state index in [1.807, 2.05) is 6.92 Å². The molecule has 17 heavy (non-hydrogen) atoms. The topological polar surface area (TPSA) is 80.9 Å². The fourth-order valence-corrected chi connectivity index (χ4v) is 1.83. The summed E-state index contributed by atoms with van der Waals surface area (Å²) in [7, 11) is 0. The molecule has 0 bridgehead atoms. The van der Waals surface area contributed by atoms with Crippen LogP contribution in [0.25, 0.3) is 0 Å². The van der Waals surface area contributed by atoms with E-state index in [9.17, 15) is 4.79 Å². The van der Waals surface area contributed by atoms with Gasteiger partial charge in [0.1, 0.15) is 5.69 Å². The lowest BCUT2D eigenvalue weighted by molar-refractivity contribution is 0.0938. The fraction of sp³-hybridized carbons (Fsp3) is 0.455. The molecule has 1 aromatic rings. The minimum atomic E-state index is -0.276. The summed E-state index contributed by atoms with van der Waals surface area (Å²) in [4.78, 5) is 20.2. The zero-order valence-corrected chi connectivity index (χ0v) is 10.3. The molecule has 1 aromatic heterocycles. The summed E-state index contributed by atoms with van der Waals surface area (Å²) in [5, 5.41) is 2.81.